The molecule has 30 heavy (non-hydrogen) atoms. The molecule has 1 saturated heterocycles. The van der Waals surface area contributed by atoms with E-state index in [1.165, 1.54) is 22.4 Å². The van der Waals surface area contributed by atoms with Crippen LogP contribution >= 0.6 is 11.3 Å². The Labute approximate surface area is 182 Å². The van der Waals surface area contributed by atoms with Gasteiger partial charge in [-0.05, 0) is 51.5 Å². The molecule has 0 radical (unpaired) electrons. The molecule has 3 rings (SSSR count). The van der Waals surface area contributed by atoms with Crippen LogP contribution in [0, 0.1) is 32.6 Å². The molecule has 1 aliphatic rings. The number of thiazole rings is 1. The minimum absolute atomic E-state index is 0.0396. The third-order valence-electron chi connectivity index (χ3n) is 5.80. The van der Waals surface area contributed by atoms with Gasteiger partial charge in [-0.3, -0.25) is 9.59 Å². The number of hydrogen-bond acceptors (Lipinski definition) is 6. The van der Waals surface area contributed by atoms with Crippen molar-refractivity contribution in [2.24, 2.45) is 18.9 Å². The topological polar surface area (TPSA) is 80.1 Å². The third kappa shape index (κ3) is 4.81. The van der Waals surface area contributed by atoms with E-state index in [2.05, 4.69) is 34.1 Å². The summed E-state index contributed by atoms with van der Waals surface area (Å²) in [6, 6.07) is 0.0396. The number of piperidine rings is 1. The molecule has 7 nitrogen and oxygen atoms in total. The third-order valence-corrected chi connectivity index (χ3v) is 6.97. The molecule has 1 fully saturated rings. The second kappa shape index (κ2) is 8.98. The van der Waals surface area contributed by atoms with Crippen molar-refractivity contribution in [3.63, 3.8) is 0 Å². The highest BCUT2D eigenvalue weighted by Gasteiger charge is 2.25. The molecule has 164 valence electrons. The van der Waals surface area contributed by atoms with E-state index < -0.39 is 0 Å². The van der Waals surface area contributed by atoms with Crippen molar-refractivity contribution < 1.29 is 4.79 Å². The van der Waals surface area contributed by atoms with Gasteiger partial charge in [0.1, 0.15) is 9.88 Å². The first-order valence-corrected chi connectivity index (χ1v) is 11.4. The molecule has 1 amide bonds. The van der Waals surface area contributed by atoms with Crippen LogP contribution in [0.15, 0.2) is 4.79 Å². The Morgan fingerprint density at radius 1 is 1.20 bits per heavy atom. The van der Waals surface area contributed by atoms with Crippen LogP contribution in [0.2, 0.25) is 0 Å². The Bertz CT molecular complexity index is 986. The Hall–Kier alpha value is -2.06. The van der Waals surface area contributed by atoms with Crippen LogP contribution in [0.25, 0.3) is 10.6 Å². The van der Waals surface area contributed by atoms with Crippen molar-refractivity contribution in [3.05, 3.63) is 32.2 Å². The molecule has 0 aromatic carbocycles. The molecule has 0 spiro atoms. The number of nitrogens with zero attached hydrogens (tertiary/aromatic N) is 4. The first-order chi connectivity index (χ1) is 14.1. The van der Waals surface area contributed by atoms with Gasteiger partial charge in [0, 0.05) is 32.7 Å². The molecule has 1 aliphatic heterocycles. The molecule has 0 bridgehead atoms. The highest BCUT2D eigenvalue weighted by Crippen LogP contribution is 2.28. The number of likely N-dealkylation sites (tertiary alicyclic amines) is 1. The molecule has 0 saturated carbocycles. The fourth-order valence-corrected chi connectivity index (χ4v) is 5.54. The number of rotatable bonds is 5. The second-order valence-electron chi connectivity index (χ2n) is 8.99. The summed E-state index contributed by atoms with van der Waals surface area (Å²) in [7, 11) is 1.64. The Kier molecular flexibility index (Phi) is 6.77. The fourth-order valence-electron chi connectivity index (χ4n) is 4.48. The van der Waals surface area contributed by atoms with Crippen molar-refractivity contribution in [3.8, 4) is 10.6 Å². The number of hydrogen-bond donors (Lipinski definition) is 1. The molecule has 3 unspecified atom stereocenters. The Morgan fingerprint density at radius 3 is 2.47 bits per heavy atom. The molecular formula is C22H33N5O2S. The van der Waals surface area contributed by atoms with Gasteiger partial charge in [0.15, 0.2) is 0 Å². The van der Waals surface area contributed by atoms with Crippen LogP contribution in [0.3, 0.4) is 0 Å². The zero-order valence-electron chi connectivity index (χ0n) is 19.1. The maximum atomic E-state index is 12.9. The summed E-state index contributed by atoms with van der Waals surface area (Å²) in [5, 5.41) is 7.93. The first kappa shape index (κ1) is 22.6. The smallest absolute Gasteiger partial charge is 0.277 e. The zero-order chi connectivity index (χ0) is 22.2. The van der Waals surface area contributed by atoms with Gasteiger partial charge in [-0.1, -0.05) is 13.8 Å². The monoisotopic (exact) mass is 431 g/mol. The summed E-state index contributed by atoms with van der Waals surface area (Å²) < 4.78 is 1.33. The maximum absolute atomic E-state index is 12.9. The van der Waals surface area contributed by atoms with E-state index in [-0.39, 0.29) is 17.5 Å². The molecule has 3 atom stereocenters. The lowest BCUT2D eigenvalue weighted by molar-refractivity contribution is 0.0908. The van der Waals surface area contributed by atoms with E-state index in [0.717, 1.165) is 30.9 Å². The van der Waals surface area contributed by atoms with Crippen LogP contribution in [0.4, 0.5) is 0 Å². The number of nitrogens with one attached hydrogen (secondary N) is 1. The minimum Gasteiger partial charge on any atom is -0.348 e. The van der Waals surface area contributed by atoms with Crippen molar-refractivity contribution in [2.45, 2.75) is 54.0 Å². The summed E-state index contributed by atoms with van der Waals surface area (Å²) in [6.07, 6.45) is 1.27. The molecule has 2 aromatic rings. The first-order valence-electron chi connectivity index (χ1n) is 10.6. The quantitative estimate of drug-likeness (QED) is 0.787. The van der Waals surface area contributed by atoms with Gasteiger partial charge in [0.25, 0.3) is 11.5 Å². The highest BCUT2D eigenvalue weighted by molar-refractivity contribution is 7.17. The van der Waals surface area contributed by atoms with Gasteiger partial charge < -0.3 is 10.2 Å². The second-order valence-corrected chi connectivity index (χ2v) is 9.99. The minimum atomic E-state index is -0.194. The van der Waals surface area contributed by atoms with Gasteiger partial charge >= 0.3 is 0 Å². The average Bonchev–Trinajstić information content (AvgIpc) is 3.00. The fraction of sp³-hybridized carbons (Fsp3) is 0.636. The Morgan fingerprint density at radius 2 is 1.83 bits per heavy atom. The van der Waals surface area contributed by atoms with E-state index in [4.69, 9.17) is 0 Å². The summed E-state index contributed by atoms with van der Waals surface area (Å²) in [5.41, 5.74) is 2.57. The van der Waals surface area contributed by atoms with Crippen molar-refractivity contribution in [1.29, 1.82) is 0 Å². The van der Waals surface area contributed by atoms with Crippen LogP contribution in [-0.4, -0.2) is 51.2 Å². The largest absolute Gasteiger partial charge is 0.348 e. The Balaban J connectivity index is 1.76. The van der Waals surface area contributed by atoms with Gasteiger partial charge in [0.2, 0.25) is 0 Å². The van der Waals surface area contributed by atoms with Gasteiger partial charge in [-0.2, -0.15) is 5.10 Å². The van der Waals surface area contributed by atoms with E-state index in [9.17, 15) is 9.59 Å². The molecule has 3 heterocycles. The standard InChI is InChI=1S/C22H33N5O2S/c1-12-8-13(2)10-27(9-12)11-14(3)23-20(28)19-17(6)24-21(30-19)18-15(4)16(5)25-26(7)22(18)29/h12-14H,8-11H2,1-7H3,(H,23,28). The molecule has 0 aliphatic carbocycles. The lowest BCUT2D eigenvalue weighted by Crippen LogP contribution is -2.46. The van der Waals surface area contributed by atoms with E-state index in [0.29, 0.717) is 33.0 Å². The predicted octanol–water partition coefficient (Wildman–Crippen LogP) is 2.93. The molecule has 1 N–H and O–H groups in total. The number of carbonyl (C=O) groups excluding carboxylic acids is 1. The van der Waals surface area contributed by atoms with Crippen molar-refractivity contribution in [2.75, 3.05) is 19.6 Å². The van der Waals surface area contributed by atoms with Crippen LogP contribution in [0.1, 0.15) is 53.8 Å². The van der Waals surface area contributed by atoms with Gasteiger partial charge in [-0.25, -0.2) is 9.67 Å². The molecule has 8 heteroatoms. The number of carbonyl (C=O) groups is 1. The average molecular weight is 432 g/mol. The summed E-state index contributed by atoms with van der Waals surface area (Å²) in [4.78, 5) is 33.1. The predicted molar refractivity (Wildman–Crippen MR) is 121 cm³/mol. The highest BCUT2D eigenvalue weighted by atomic mass is 32.1. The summed E-state index contributed by atoms with van der Waals surface area (Å²) >= 11 is 1.28. The number of amides is 1. The summed E-state index contributed by atoms with van der Waals surface area (Å²) in [6.45, 7) is 15.2. The van der Waals surface area contributed by atoms with Gasteiger partial charge in [0.05, 0.1) is 17.0 Å². The van der Waals surface area contributed by atoms with Crippen LogP contribution < -0.4 is 10.9 Å². The molecule has 2 aromatic heterocycles. The van der Waals surface area contributed by atoms with Crippen LogP contribution in [-0.2, 0) is 7.05 Å². The van der Waals surface area contributed by atoms with E-state index >= 15 is 0 Å². The van der Waals surface area contributed by atoms with Gasteiger partial charge in [-0.15, -0.1) is 11.3 Å². The van der Waals surface area contributed by atoms with Crippen molar-refractivity contribution >= 4 is 17.2 Å². The van der Waals surface area contributed by atoms with Crippen molar-refractivity contribution in [1.82, 2.24) is 25.0 Å². The van der Waals surface area contributed by atoms with E-state index in [1.807, 2.05) is 27.7 Å². The maximum Gasteiger partial charge on any atom is 0.277 e. The van der Waals surface area contributed by atoms with Crippen LogP contribution in [0.5, 0.6) is 0 Å². The number of aromatic nitrogens is 3. The number of aryl methyl sites for hydroxylation is 3. The molecular weight excluding hydrogens is 398 g/mol. The lowest BCUT2D eigenvalue weighted by Gasteiger charge is -2.36. The zero-order valence-corrected chi connectivity index (χ0v) is 19.9. The summed E-state index contributed by atoms with van der Waals surface area (Å²) in [5.74, 6) is 1.26. The van der Waals surface area contributed by atoms with E-state index in [1.54, 1.807) is 7.05 Å². The SMILES string of the molecule is Cc1nc(-c2c(C)c(C)nn(C)c2=O)sc1C(=O)NC(C)CN1CC(C)CC(C)C1. The normalized spacial score (nSPS) is 20.9. The lowest BCUT2D eigenvalue weighted by atomic mass is 9.92.